The number of hydrogen-bond donors (Lipinski definition) is 2. The van der Waals surface area contributed by atoms with Gasteiger partial charge in [-0.3, -0.25) is 4.98 Å². The van der Waals surface area contributed by atoms with Crippen molar-refractivity contribution in [3.63, 3.8) is 0 Å². The Bertz CT molecular complexity index is 236. The van der Waals surface area contributed by atoms with Crippen LogP contribution in [0.3, 0.4) is 0 Å². The Kier molecular flexibility index (Phi) is 5.19. The highest BCUT2D eigenvalue weighted by Crippen LogP contribution is 1.99. The van der Waals surface area contributed by atoms with E-state index in [1.807, 2.05) is 12.3 Å². The standard InChI is InChI=1S/C11H19N3/c1-10(4-5-12)7-14-9-11-3-2-6-13-8-11/h2-3,6,8,10,14H,4-5,7,9,12H2,1H3. The van der Waals surface area contributed by atoms with E-state index in [1.165, 1.54) is 5.56 Å². The van der Waals surface area contributed by atoms with Gasteiger partial charge in [0.05, 0.1) is 0 Å². The number of nitrogens with zero attached hydrogens (tertiary/aromatic N) is 1. The van der Waals surface area contributed by atoms with Crippen molar-refractivity contribution in [1.82, 2.24) is 10.3 Å². The Morgan fingerprint density at radius 3 is 3.07 bits per heavy atom. The van der Waals surface area contributed by atoms with Gasteiger partial charge in [-0.1, -0.05) is 13.0 Å². The number of nitrogens with two attached hydrogens (primary N) is 1. The molecule has 0 bridgehead atoms. The third-order valence-corrected chi connectivity index (χ3v) is 2.20. The van der Waals surface area contributed by atoms with E-state index in [1.54, 1.807) is 6.20 Å². The maximum Gasteiger partial charge on any atom is 0.0312 e. The van der Waals surface area contributed by atoms with Gasteiger partial charge in [0.25, 0.3) is 0 Å². The summed E-state index contributed by atoms with van der Waals surface area (Å²) in [6.07, 6.45) is 4.77. The average molecular weight is 193 g/mol. The lowest BCUT2D eigenvalue weighted by atomic mass is 10.1. The maximum atomic E-state index is 5.47. The van der Waals surface area contributed by atoms with Gasteiger partial charge in [0.15, 0.2) is 0 Å². The summed E-state index contributed by atoms with van der Waals surface area (Å²) in [4.78, 5) is 4.06. The Morgan fingerprint density at radius 2 is 2.43 bits per heavy atom. The van der Waals surface area contributed by atoms with E-state index in [0.717, 1.165) is 26.1 Å². The lowest BCUT2D eigenvalue weighted by Gasteiger charge is -2.10. The number of hydrogen-bond acceptors (Lipinski definition) is 3. The minimum Gasteiger partial charge on any atom is -0.330 e. The first-order chi connectivity index (χ1) is 6.83. The molecule has 14 heavy (non-hydrogen) atoms. The highest BCUT2D eigenvalue weighted by atomic mass is 14.9. The predicted molar refractivity (Wildman–Crippen MR) is 58.8 cm³/mol. The van der Waals surface area contributed by atoms with Crippen LogP contribution in [0.1, 0.15) is 18.9 Å². The second-order valence-corrected chi connectivity index (χ2v) is 3.67. The van der Waals surface area contributed by atoms with Gasteiger partial charge >= 0.3 is 0 Å². The van der Waals surface area contributed by atoms with Crippen LogP contribution in [0.2, 0.25) is 0 Å². The summed E-state index contributed by atoms with van der Waals surface area (Å²) in [5, 5.41) is 3.39. The molecule has 0 fully saturated rings. The van der Waals surface area contributed by atoms with Crippen LogP contribution in [0.4, 0.5) is 0 Å². The molecule has 3 nitrogen and oxygen atoms in total. The molecule has 3 N–H and O–H groups in total. The molecule has 0 aliphatic rings. The third-order valence-electron chi connectivity index (χ3n) is 2.20. The first kappa shape index (κ1) is 11.1. The van der Waals surface area contributed by atoms with Gasteiger partial charge in [0.1, 0.15) is 0 Å². The van der Waals surface area contributed by atoms with Crippen LogP contribution in [0.5, 0.6) is 0 Å². The SMILES string of the molecule is CC(CCN)CNCc1cccnc1. The van der Waals surface area contributed by atoms with Crippen molar-refractivity contribution in [2.45, 2.75) is 19.9 Å². The highest BCUT2D eigenvalue weighted by Gasteiger charge is 1.99. The molecule has 1 aromatic heterocycles. The van der Waals surface area contributed by atoms with Crippen molar-refractivity contribution in [2.24, 2.45) is 11.7 Å². The van der Waals surface area contributed by atoms with Gasteiger partial charge in [-0.05, 0) is 37.1 Å². The lowest BCUT2D eigenvalue weighted by Crippen LogP contribution is -2.22. The molecule has 1 aromatic rings. The number of pyridine rings is 1. The minimum absolute atomic E-state index is 0.650. The topological polar surface area (TPSA) is 50.9 Å². The summed E-state index contributed by atoms with van der Waals surface area (Å²) in [5.41, 5.74) is 6.70. The summed E-state index contributed by atoms with van der Waals surface area (Å²) >= 11 is 0. The molecule has 1 unspecified atom stereocenters. The van der Waals surface area contributed by atoms with Crippen molar-refractivity contribution in [3.05, 3.63) is 30.1 Å². The molecule has 1 atom stereocenters. The molecule has 0 spiro atoms. The Morgan fingerprint density at radius 1 is 1.57 bits per heavy atom. The maximum absolute atomic E-state index is 5.47. The fraction of sp³-hybridized carbons (Fsp3) is 0.545. The van der Waals surface area contributed by atoms with Crippen LogP contribution in [-0.2, 0) is 6.54 Å². The second-order valence-electron chi connectivity index (χ2n) is 3.67. The zero-order valence-corrected chi connectivity index (χ0v) is 8.74. The van der Waals surface area contributed by atoms with E-state index < -0.39 is 0 Å². The zero-order valence-electron chi connectivity index (χ0n) is 8.74. The molecule has 1 rings (SSSR count). The Labute approximate surface area is 85.7 Å². The van der Waals surface area contributed by atoms with E-state index in [2.05, 4.69) is 23.3 Å². The first-order valence-corrected chi connectivity index (χ1v) is 5.12. The summed E-state index contributed by atoms with van der Waals surface area (Å²) in [7, 11) is 0. The van der Waals surface area contributed by atoms with Gasteiger partial charge in [-0.25, -0.2) is 0 Å². The van der Waals surface area contributed by atoms with Gasteiger partial charge in [-0.2, -0.15) is 0 Å². The van der Waals surface area contributed by atoms with Crippen LogP contribution in [0, 0.1) is 5.92 Å². The normalized spacial score (nSPS) is 12.7. The van der Waals surface area contributed by atoms with E-state index in [-0.39, 0.29) is 0 Å². The summed E-state index contributed by atoms with van der Waals surface area (Å²) in [6, 6.07) is 4.04. The smallest absolute Gasteiger partial charge is 0.0312 e. The van der Waals surface area contributed by atoms with Gasteiger partial charge in [0.2, 0.25) is 0 Å². The molecule has 0 aromatic carbocycles. The summed E-state index contributed by atoms with van der Waals surface area (Å²) < 4.78 is 0. The van der Waals surface area contributed by atoms with E-state index in [4.69, 9.17) is 5.73 Å². The van der Waals surface area contributed by atoms with Gasteiger partial charge in [0, 0.05) is 18.9 Å². The number of rotatable bonds is 6. The largest absolute Gasteiger partial charge is 0.330 e. The van der Waals surface area contributed by atoms with Crippen LogP contribution in [0.15, 0.2) is 24.5 Å². The molecule has 78 valence electrons. The van der Waals surface area contributed by atoms with Crippen molar-refractivity contribution in [2.75, 3.05) is 13.1 Å². The molecule has 0 saturated heterocycles. The molecule has 0 radical (unpaired) electrons. The highest BCUT2D eigenvalue weighted by molar-refractivity contribution is 5.07. The molecule has 0 amide bonds. The predicted octanol–water partition coefficient (Wildman–Crippen LogP) is 1.16. The monoisotopic (exact) mass is 193 g/mol. The fourth-order valence-electron chi connectivity index (χ4n) is 1.35. The van der Waals surface area contributed by atoms with Crippen LogP contribution in [-0.4, -0.2) is 18.1 Å². The van der Waals surface area contributed by atoms with Crippen molar-refractivity contribution in [1.29, 1.82) is 0 Å². The van der Waals surface area contributed by atoms with Crippen molar-refractivity contribution in [3.8, 4) is 0 Å². The van der Waals surface area contributed by atoms with Crippen LogP contribution < -0.4 is 11.1 Å². The number of aromatic nitrogens is 1. The molecule has 3 heteroatoms. The van der Waals surface area contributed by atoms with E-state index >= 15 is 0 Å². The lowest BCUT2D eigenvalue weighted by molar-refractivity contribution is 0.486. The quantitative estimate of drug-likeness (QED) is 0.712. The number of nitrogens with one attached hydrogen (secondary N) is 1. The fourth-order valence-corrected chi connectivity index (χ4v) is 1.35. The summed E-state index contributed by atoms with van der Waals surface area (Å²) in [5.74, 6) is 0.650. The molecule has 0 aliphatic carbocycles. The Hall–Kier alpha value is -0.930. The van der Waals surface area contributed by atoms with Crippen molar-refractivity contribution >= 4 is 0 Å². The molecular formula is C11H19N3. The summed E-state index contributed by atoms with van der Waals surface area (Å²) in [6.45, 7) is 4.90. The minimum atomic E-state index is 0.650. The molecule has 0 aliphatic heterocycles. The van der Waals surface area contributed by atoms with Gasteiger partial charge in [-0.15, -0.1) is 0 Å². The Balaban J connectivity index is 2.16. The molecular weight excluding hydrogens is 174 g/mol. The first-order valence-electron chi connectivity index (χ1n) is 5.12. The van der Waals surface area contributed by atoms with Crippen LogP contribution in [0.25, 0.3) is 0 Å². The zero-order chi connectivity index (χ0) is 10.2. The van der Waals surface area contributed by atoms with Crippen LogP contribution >= 0.6 is 0 Å². The average Bonchev–Trinajstić information content (AvgIpc) is 2.20. The van der Waals surface area contributed by atoms with Crippen molar-refractivity contribution < 1.29 is 0 Å². The van der Waals surface area contributed by atoms with E-state index in [9.17, 15) is 0 Å². The van der Waals surface area contributed by atoms with E-state index in [0.29, 0.717) is 5.92 Å². The van der Waals surface area contributed by atoms with Gasteiger partial charge < -0.3 is 11.1 Å². The molecule has 1 heterocycles. The molecule has 0 saturated carbocycles. The second kappa shape index (κ2) is 6.51. The third kappa shape index (κ3) is 4.35.